The average Bonchev–Trinajstić information content (AvgIpc) is 2.14. The summed E-state index contributed by atoms with van der Waals surface area (Å²) in [5.74, 6) is -2.35. The van der Waals surface area contributed by atoms with E-state index in [4.69, 9.17) is 9.84 Å². The zero-order valence-electron chi connectivity index (χ0n) is 5.53. The first-order valence-electron chi connectivity index (χ1n) is 3.01. The second-order valence-corrected chi connectivity index (χ2v) is 2.27. The van der Waals surface area contributed by atoms with Gasteiger partial charge >= 0.3 is 5.97 Å². The molecule has 56 valence electrons. The molecule has 4 nitrogen and oxygen atoms in total. The summed E-state index contributed by atoms with van der Waals surface area (Å²) in [5, 5.41) is 8.40. The van der Waals surface area contributed by atoms with E-state index in [9.17, 15) is 9.59 Å². The predicted octanol–water partition coefficient (Wildman–Crippen LogP) is -0.325. The molecule has 1 aliphatic rings. The van der Waals surface area contributed by atoms with Crippen LogP contribution in [0.25, 0.3) is 0 Å². The summed E-state index contributed by atoms with van der Waals surface area (Å²) in [6.45, 7) is 1.58. The lowest BCUT2D eigenvalue weighted by atomic mass is 10.1. The topological polar surface area (TPSA) is 63.6 Å². The molecule has 1 N–H and O–H groups in total. The van der Waals surface area contributed by atoms with Gasteiger partial charge in [0.1, 0.15) is 12.0 Å². The third-order valence-corrected chi connectivity index (χ3v) is 1.56. The van der Waals surface area contributed by atoms with Gasteiger partial charge in [0.05, 0.1) is 6.61 Å². The van der Waals surface area contributed by atoms with Crippen LogP contribution in [-0.2, 0) is 14.3 Å². The summed E-state index contributed by atoms with van der Waals surface area (Å²) in [6, 6.07) is 0. The van der Waals surface area contributed by atoms with Crippen LogP contribution >= 0.6 is 0 Å². The molecule has 10 heavy (non-hydrogen) atoms. The smallest absolute Gasteiger partial charge is 0.316 e. The molecule has 1 heterocycles. The Morgan fingerprint density at radius 2 is 2.40 bits per heavy atom. The van der Waals surface area contributed by atoms with E-state index in [-0.39, 0.29) is 12.4 Å². The van der Waals surface area contributed by atoms with Gasteiger partial charge in [0.2, 0.25) is 0 Å². The van der Waals surface area contributed by atoms with Gasteiger partial charge in [-0.3, -0.25) is 9.59 Å². The Kier molecular flexibility index (Phi) is 1.72. The molecule has 0 aromatic heterocycles. The molecule has 0 aromatic carbocycles. The highest BCUT2D eigenvalue weighted by Crippen LogP contribution is 2.14. The maximum atomic E-state index is 10.8. The third kappa shape index (κ3) is 1.02. The van der Waals surface area contributed by atoms with Crippen molar-refractivity contribution in [1.29, 1.82) is 0 Å². The lowest BCUT2D eigenvalue weighted by Crippen LogP contribution is -2.24. The van der Waals surface area contributed by atoms with Crippen molar-refractivity contribution in [1.82, 2.24) is 0 Å². The number of Topliss-reactive ketones (excluding diaryl/α,β-unsaturated/α-hetero) is 1. The first kappa shape index (κ1) is 7.21. The van der Waals surface area contributed by atoms with Gasteiger partial charge in [-0.2, -0.15) is 0 Å². The first-order chi connectivity index (χ1) is 4.63. The highest BCUT2D eigenvalue weighted by Gasteiger charge is 2.37. The summed E-state index contributed by atoms with van der Waals surface area (Å²) >= 11 is 0. The van der Waals surface area contributed by atoms with Gasteiger partial charge in [-0.15, -0.1) is 0 Å². The van der Waals surface area contributed by atoms with Crippen LogP contribution in [-0.4, -0.2) is 29.6 Å². The summed E-state index contributed by atoms with van der Waals surface area (Å²) in [7, 11) is 0. The maximum absolute atomic E-state index is 10.8. The number of ether oxygens (including phenoxy) is 1. The molecular weight excluding hydrogens is 136 g/mol. The van der Waals surface area contributed by atoms with Gasteiger partial charge < -0.3 is 9.84 Å². The normalized spacial score (nSPS) is 32.7. The minimum atomic E-state index is -1.09. The third-order valence-electron chi connectivity index (χ3n) is 1.56. The lowest BCUT2D eigenvalue weighted by Gasteiger charge is -1.96. The van der Waals surface area contributed by atoms with Gasteiger partial charge in [-0.1, -0.05) is 0 Å². The van der Waals surface area contributed by atoms with Gasteiger partial charge in [0.15, 0.2) is 5.78 Å². The Morgan fingerprint density at radius 1 is 1.80 bits per heavy atom. The molecule has 1 rings (SSSR count). The van der Waals surface area contributed by atoms with Gasteiger partial charge in [0.25, 0.3) is 0 Å². The van der Waals surface area contributed by atoms with Gasteiger partial charge in [0, 0.05) is 0 Å². The van der Waals surface area contributed by atoms with E-state index in [2.05, 4.69) is 0 Å². The van der Waals surface area contributed by atoms with E-state index in [1.54, 1.807) is 6.92 Å². The standard InChI is InChI=1S/C6H8O4/c1-3-5(7)4(2-10-3)6(8)9/h3-4H,2H2,1H3,(H,8,9)/t3-,4?/m0/s1. The Hall–Kier alpha value is -0.900. The van der Waals surface area contributed by atoms with Gasteiger partial charge in [-0.05, 0) is 6.92 Å². The quantitative estimate of drug-likeness (QED) is 0.512. The zero-order chi connectivity index (χ0) is 7.72. The number of hydrogen-bond donors (Lipinski definition) is 1. The number of rotatable bonds is 1. The molecule has 1 fully saturated rings. The fraction of sp³-hybridized carbons (Fsp3) is 0.667. The molecular formula is C6H8O4. The highest BCUT2D eigenvalue weighted by molar-refractivity contribution is 6.01. The second kappa shape index (κ2) is 2.38. The van der Waals surface area contributed by atoms with Crippen molar-refractivity contribution in [3.8, 4) is 0 Å². The number of hydrogen-bond acceptors (Lipinski definition) is 3. The van der Waals surface area contributed by atoms with E-state index in [0.29, 0.717) is 0 Å². The molecule has 0 aliphatic carbocycles. The molecule has 0 radical (unpaired) electrons. The number of aliphatic carboxylic acids is 1. The van der Waals surface area contributed by atoms with Crippen molar-refractivity contribution >= 4 is 11.8 Å². The molecule has 0 aromatic rings. The second-order valence-electron chi connectivity index (χ2n) is 2.27. The van der Waals surface area contributed by atoms with Crippen LogP contribution < -0.4 is 0 Å². The fourth-order valence-electron chi connectivity index (χ4n) is 0.881. The van der Waals surface area contributed by atoms with Crippen LogP contribution in [0, 0.1) is 5.92 Å². The van der Waals surface area contributed by atoms with Crippen LogP contribution in [0.4, 0.5) is 0 Å². The molecule has 1 aliphatic heterocycles. The lowest BCUT2D eigenvalue weighted by molar-refractivity contribution is -0.144. The summed E-state index contributed by atoms with van der Waals surface area (Å²) in [5.41, 5.74) is 0. The van der Waals surface area contributed by atoms with Crippen LogP contribution in [0.15, 0.2) is 0 Å². The Balaban J connectivity index is 2.66. The van der Waals surface area contributed by atoms with E-state index in [1.165, 1.54) is 0 Å². The van der Waals surface area contributed by atoms with Crippen LogP contribution in [0.5, 0.6) is 0 Å². The molecule has 4 heteroatoms. The minimum Gasteiger partial charge on any atom is -0.481 e. The van der Waals surface area contributed by atoms with Crippen molar-refractivity contribution in [2.24, 2.45) is 5.92 Å². The molecule has 0 spiro atoms. The minimum absolute atomic E-state index is 0.0231. The molecule has 0 amide bonds. The molecule has 0 saturated carbocycles. The highest BCUT2D eigenvalue weighted by atomic mass is 16.5. The summed E-state index contributed by atoms with van der Waals surface area (Å²) in [6.07, 6.45) is -0.541. The number of ketones is 1. The average molecular weight is 144 g/mol. The number of carbonyl (C=O) groups is 2. The SMILES string of the molecule is C[C@@H]1OCC(C(=O)O)C1=O. The van der Waals surface area contributed by atoms with E-state index >= 15 is 0 Å². The summed E-state index contributed by atoms with van der Waals surface area (Å²) < 4.78 is 4.81. The predicted molar refractivity (Wildman–Crippen MR) is 31.5 cm³/mol. The first-order valence-corrected chi connectivity index (χ1v) is 3.01. The fourth-order valence-corrected chi connectivity index (χ4v) is 0.881. The maximum Gasteiger partial charge on any atom is 0.316 e. The Bertz CT molecular complexity index is 175. The Morgan fingerprint density at radius 3 is 2.60 bits per heavy atom. The van der Waals surface area contributed by atoms with Crippen molar-refractivity contribution in [2.45, 2.75) is 13.0 Å². The van der Waals surface area contributed by atoms with Crippen molar-refractivity contribution in [3.05, 3.63) is 0 Å². The molecule has 1 unspecified atom stereocenters. The van der Waals surface area contributed by atoms with Crippen molar-refractivity contribution < 1.29 is 19.4 Å². The van der Waals surface area contributed by atoms with Crippen LogP contribution in [0.1, 0.15) is 6.92 Å². The number of carbonyl (C=O) groups excluding carboxylic acids is 1. The molecule has 0 bridgehead atoms. The van der Waals surface area contributed by atoms with Crippen molar-refractivity contribution in [2.75, 3.05) is 6.61 Å². The number of carboxylic acid groups (broad SMARTS) is 1. The van der Waals surface area contributed by atoms with Crippen LogP contribution in [0.2, 0.25) is 0 Å². The van der Waals surface area contributed by atoms with Crippen LogP contribution in [0.3, 0.4) is 0 Å². The van der Waals surface area contributed by atoms with E-state index < -0.39 is 18.0 Å². The summed E-state index contributed by atoms with van der Waals surface area (Å²) in [4.78, 5) is 21.1. The molecule has 1 saturated heterocycles. The van der Waals surface area contributed by atoms with Crippen molar-refractivity contribution in [3.63, 3.8) is 0 Å². The molecule has 2 atom stereocenters. The van der Waals surface area contributed by atoms with Gasteiger partial charge in [-0.25, -0.2) is 0 Å². The number of carboxylic acids is 1. The van der Waals surface area contributed by atoms with E-state index in [0.717, 1.165) is 0 Å². The Labute approximate surface area is 57.8 Å². The largest absolute Gasteiger partial charge is 0.481 e. The van der Waals surface area contributed by atoms with E-state index in [1.807, 2.05) is 0 Å². The monoisotopic (exact) mass is 144 g/mol. The zero-order valence-corrected chi connectivity index (χ0v) is 5.53.